The van der Waals surface area contributed by atoms with E-state index in [1.807, 2.05) is 0 Å². The number of amides is 3. The molecule has 0 unspecified atom stereocenters. The lowest BCUT2D eigenvalue weighted by Crippen LogP contribution is -2.38. The first-order valence-electron chi connectivity index (χ1n) is 6.92. The first-order valence-corrected chi connectivity index (χ1v) is 7.29. The lowest BCUT2D eigenvalue weighted by molar-refractivity contribution is 0.0650. The van der Waals surface area contributed by atoms with Gasteiger partial charge in [0.15, 0.2) is 0 Å². The fourth-order valence-electron chi connectivity index (χ4n) is 2.35. The van der Waals surface area contributed by atoms with Gasteiger partial charge in [0.1, 0.15) is 0 Å². The van der Waals surface area contributed by atoms with E-state index in [0.717, 1.165) is 4.90 Å². The molecule has 3 rings (SSSR count). The molecule has 0 radical (unpaired) electrons. The van der Waals surface area contributed by atoms with E-state index in [-0.39, 0.29) is 24.9 Å². The molecule has 0 fully saturated rings. The highest BCUT2D eigenvalue weighted by Crippen LogP contribution is 2.25. The van der Waals surface area contributed by atoms with E-state index in [2.05, 4.69) is 10.3 Å². The standard InChI is InChI=1S/C16H12ClN3O3/c17-11-3-4-12-13(8-11)16(23)20(15(12)22)7-6-19-14(21)10-2-1-5-18-9-10/h1-5,8-9H,6-7H2,(H,19,21). The Hall–Kier alpha value is -2.73. The number of imide groups is 1. The van der Waals surface area contributed by atoms with Gasteiger partial charge < -0.3 is 5.32 Å². The second-order valence-electron chi connectivity index (χ2n) is 4.95. The number of carbonyl (C=O) groups excluding carboxylic acids is 3. The van der Waals surface area contributed by atoms with Crippen molar-refractivity contribution in [2.45, 2.75) is 0 Å². The lowest BCUT2D eigenvalue weighted by Gasteiger charge is -2.14. The SMILES string of the molecule is O=C(NCCN1C(=O)c2ccc(Cl)cc2C1=O)c1cccnc1. The molecule has 1 aromatic carbocycles. The van der Waals surface area contributed by atoms with Crippen molar-refractivity contribution in [1.29, 1.82) is 0 Å². The maximum absolute atomic E-state index is 12.2. The van der Waals surface area contributed by atoms with Crippen LogP contribution in [-0.4, -0.2) is 40.7 Å². The monoisotopic (exact) mass is 329 g/mol. The van der Waals surface area contributed by atoms with Crippen molar-refractivity contribution in [1.82, 2.24) is 15.2 Å². The number of nitrogens with zero attached hydrogens (tertiary/aromatic N) is 2. The molecule has 1 N–H and O–H groups in total. The highest BCUT2D eigenvalue weighted by atomic mass is 35.5. The van der Waals surface area contributed by atoms with Crippen LogP contribution in [0, 0.1) is 0 Å². The van der Waals surface area contributed by atoms with Gasteiger partial charge in [-0.3, -0.25) is 24.3 Å². The molecule has 0 atom stereocenters. The average Bonchev–Trinajstić information content (AvgIpc) is 2.80. The number of aromatic nitrogens is 1. The predicted molar refractivity (Wildman–Crippen MR) is 83.4 cm³/mol. The van der Waals surface area contributed by atoms with Crippen LogP contribution in [0.5, 0.6) is 0 Å². The van der Waals surface area contributed by atoms with Gasteiger partial charge in [0.2, 0.25) is 0 Å². The van der Waals surface area contributed by atoms with Crippen LogP contribution in [0.2, 0.25) is 5.02 Å². The Balaban J connectivity index is 1.63. The van der Waals surface area contributed by atoms with E-state index < -0.39 is 5.91 Å². The fraction of sp³-hybridized carbons (Fsp3) is 0.125. The maximum Gasteiger partial charge on any atom is 0.261 e. The van der Waals surface area contributed by atoms with Crippen molar-refractivity contribution in [3.8, 4) is 0 Å². The third-order valence-electron chi connectivity index (χ3n) is 3.48. The second kappa shape index (κ2) is 6.18. The summed E-state index contributed by atoms with van der Waals surface area (Å²) in [6, 6.07) is 7.87. The normalized spacial score (nSPS) is 13.2. The van der Waals surface area contributed by atoms with Crippen molar-refractivity contribution in [3.05, 3.63) is 64.4 Å². The van der Waals surface area contributed by atoms with Gasteiger partial charge in [0, 0.05) is 30.5 Å². The summed E-state index contributed by atoms with van der Waals surface area (Å²) in [6.07, 6.45) is 3.01. The summed E-state index contributed by atoms with van der Waals surface area (Å²) in [7, 11) is 0. The number of fused-ring (bicyclic) bond motifs is 1. The van der Waals surface area contributed by atoms with Gasteiger partial charge in [-0.2, -0.15) is 0 Å². The van der Waals surface area contributed by atoms with E-state index in [9.17, 15) is 14.4 Å². The zero-order valence-corrected chi connectivity index (χ0v) is 12.7. The highest BCUT2D eigenvalue weighted by Gasteiger charge is 2.35. The highest BCUT2D eigenvalue weighted by molar-refractivity contribution is 6.32. The van der Waals surface area contributed by atoms with Gasteiger partial charge in [0.25, 0.3) is 17.7 Å². The molecule has 0 bridgehead atoms. The Bertz CT molecular complexity index is 792. The molecular formula is C16H12ClN3O3. The predicted octanol–water partition coefficient (Wildman–Crippen LogP) is 1.76. The van der Waals surface area contributed by atoms with Crippen LogP contribution in [0.15, 0.2) is 42.7 Å². The summed E-state index contributed by atoms with van der Waals surface area (Å²) >= 11 is 5.85. The van der Waals surface area contributed by atoms with Crippen LogP contribution in [0.25, 0.3) is 0 Å². The number of pyridine rings is 1. The first kappa shape index (κ1) is 15.2. The van der Waals surface area contributed by atoms with Gasteiger partial charge >= 0.3 is 0 Å². The van der Waals surface area contributed by atoms with Crippen molar-refractivity contribution in [2.75, 3.05) is 13.1 Å². The largest absolute Gasteiger partial charge is 0.350 e. The third-order valence-corrected chi connectivity index (χ3v) is 3.71. The van der Waals surface area contributed by atoms with Crippen LogP contribution in [0.4, 0.5) is 0 Å². The molecule has 7 heteroatoms. The fourth-order valence-corrected chi connectivity index (χ4v) is 2.52. The summed E-state index contributed by atoms with van der Waals surface area (Å²) in [4.78, 5) is 41.3. The summed E-state index contributed by atoms with van der Waals surface area (Å²) in [5.74, 6) is -1.09. The molecule has 116 valence electrons. The molecule has 1 aliphatic heterocycles. The van der Waals surface area contributed by atoms with Gasteiger partial charge in [-0.05, 0) is 30.3 Å². The van der Waals surface area contributed by atoms with Crippen molar-refractivity contribution in [3.63, 3.8) is 0 Å². The van der Waals surface area contributed by atoms with E-state index in [0.29, 0.717) is 21.7 Å². The topological polar surface area (TPSA) is 79.4 Å². The van der Waals surface area contributed by atoms with E-state index >= 15 is 0 Å². The smallest absolute Gasteiger partial charge is 0.261 e. The summed E-state index contributed by atoms with van der Waals surface area (Å²) in [5, 5.41) is 3.05. The van der Waals surface area contributed by atoms with E-state index in [1.54, 1.807) is 24.4 Å². The molecule has 23 heavy (non-hydrogen) atoms. The second-order valence-corrected chi connectivity index (χ2v) is 5.39. The van der Waals surface area contributed by atoms with Gasteiger partial charge in [-0.1, -0.05) is 11.6 Å². The number of carbonyl (C=O) groups is 3. The van der Waals surface area contributed by atoms with Crippen LogP contribution in [0.1, 0.15) is 31.1 Å². The number of benzene rings is 1. The first-order chi connectivity index (χ1) is 11.1. The minimum Gasteiger partial charge on any atom is -0.350 e. The molecule has 2 heterocycles. The number of hydrogen-bond donors (Lipinski definition) is 1. The maximum atomic E-state index is 12.2. The molecule has 0 saturated carbocycles. The van der Waals surface area contributed by atoms with Crippen molar-refractivity contribution < 1.29 is 14.4 Å². The van der Waals surface area contributed by atoms with E-state index in [4.69, 9.17) is 11.6 Å². The lowest BCUT2D eigenvalue weighted by atomic mass is 10.1. The molecule has 1 aliphatic rings. The molecule has 2 aromatic rings. The number of hydrogen-bond acceptors (Lipinski definition) is 4. The van der Waals surface area contributed by atoms with Gasteiger partial charge in [-0.15, -0.1) is 0 Å². The molecule has 1 aromatic heterocycles. The van der Waals surface area contributed by atoms with Crippen molar-refractivity contribution in [2.24, 2.45) is 0 Å². The zero-order valence-electron chi connectivity index (χ0n) is 12.0. The molecule has 0 spiro atoms. The summed E-state index contributed by atoms with van der Waals surface area (Å²) in [6.45, 7) is 0.253. The third kappa shape index (κ3) is 2.93. The molecule has 0 aliphatic carbocycles. The van der Waals surface area contributed by atoms with Crippen LogP contribution in [0.3, 0.4) is 0 Å². The number of rotatable bonds is 4. The number of halogens is 1. The Labute approximate surface area is 137 Å². The van der Waals surface area contributed by atoms with E-state index in [1.165, 1.54) is 18.3 Å². The minimum atomic E-state index is -0.400. The van der Waals surface area contributed by atoms with Crippen LogP contribution >= 0.6 is 11.6 Å². The zero-order chi connectivity index (χ0) is 16.4. The molecular weight excluding hydrogens is 318 g/mol. The number of nitrogens with one attached hydrogen (secondary N) is 1. The minimum absolute atomic E-state index is 0.0932. The Morgan fingerprint density at radius 3 is 2.70 bits per heavy atom. The van der Waals surface area contributed by atoms with Crippen LogP contribution in [-0.2, 0) is 0 Å². The molecule has 3 amide bonds. The molecule has 6 nitrogen and oxygen atoms in total. The van der Waals surface area contributed by atoms with Gasteiger partial charge in [0.05, 0.1) is 16.7 Å². The van der Waals surface area contributed by atoms with Gasteiger partial charge in [-0.25, -0.2) is 0 Å². The molecule has 0 saturated heterocycles. The van der Waals surface area contributed by atoms with Crippen molar-refractivity contribution >= 4 is 29.3 Å². The Morgan fingerprint density at radius 1 is 1.17 bits per heavy atom. The Morgan fingerprint density at radius 2 is 1.96 bits per heavy atom. The summed E-state index contributed by atoms with van der Waals surface area (Å²) in [5.41, 5.74) is 1.04. The average molecular weight is 330 g/mol. The van der Waals surface area contributed by atoms with Crippen LogP contribution < -0.4 is 5.32 Å². The summed E-state index contributed by atoms with van der Waals surface area (Å²) < 4.78 is 0. The Kier molecular flexibility index (Phi) is 4.08. The quantitative estimate of drug-likeness (QED) is 0.867.